The molecule has 1 N–H and O–H groups in total. The normalized spacial score (nSPS) is 14.8. The number of aryl methyl sites for hydroxylation is 1. The van der Waals surface area contributed by atoms with Crippen LogP contribution < -0.4 is 11.2 Å². The van der Waals surface area contributed by atoms with Gasteiger partial charge in [0.15, 0.2) is 17.0 Å². The number of nitrogens with one attached hydrogen (secondary N) is 1. The molecule has 6 rings (SSSR count). The van der Waals surface area contributed by atoms with E-state index in [1.165, 1.54) is 11.7 Å². The van der Waals surface area contributed by atoms with Gasteiger partial charge in [-0.3, -0.25) is 9.36 Å². The van der Waals surface area contributed by atoms with E-state index in [9.17, 15) is 9.59 Å². The summed E-state index contributed by atoms with van der Waals surface area (Å²) in [5.74, 6) is 1.86. The standard InChI is InChI=1S/C32H38N8O3/c1-5-6-7-12-27-33-30-28(31(41)40(21(3)43-4)32(42)38(30)19-22-13-14-22)39(27)20(2)23-15-17-24(18-16-23)25-10-8-9-11-26(25)29-34-36-37-35-29/h8-11,15-18,20-22H,5-7,12-14,19H2,1-4H3,(H,34,35,36,37). The Labute approximate surface area is 249 Å². The topological polar surface area (TPSA) is 126 Å². The van der Waals surface area contributed by atoms with Gasteiger partial charge in [0.25, 0.3) is 5.56 Å². The Bertz CT molecular complexity index is 1830. The minimum absolute atomic E-state index is 0.199. The minimum Gasteiger partial charge on any atom is -0.361 e. The first-order chi connectivity index (χ1) is 20.9. The molecule has 11 nitrogen and oxygen atoms in total. The lowest BCUT2D eigenvalue weighted by atomic mass is 9.97. The maximum absolute atomic E-state index is 14.1. The van der Waals surface area contributed by atoms with Gasteiger partial charge in [0.05, 0.1) is 6.04 Å². The van der Waals surface area contributed by atoms with Crippen molar-refractivity contribution in [3.05, 3.63) is 80.8 Å². The highest BCUT2D eigenvalue weighted by atomic mass is 16.5. The van der Waals surface area contributed by atoms with Crippen molar-refractivity contribution in [3.8, 4) is 22.5 Å². The van der Waals surface area contributed by atoms with Gasteiger partial charge in [0, 0.05) is 25.6 Å². The molecule has 0 amide bonds. The van der Waals surface area contributed by atoms with E-state index in [-0.39, 0.29) is 17.3 Å². The van der Waals surface area contributed by atoms with Crippen LogP contribution in [0.25, 0.3) is 33.7 Å². The lowest BCUT2D eigenvalue weighted by molar-refractivity contribution is 0.0529. The highest BCUT2D eigenvalue weighted by Gasteiger charge is 2.29. The highest BCUT2D eigenvalue weighted by Crippen LogP contribution is 2.33. The van der Waals surface area contributed by atoms with Gasteiger partial charge >= 0.3 is 5.69 Å². The number of aromatic nitrogens is 8. The lowest BCUT2D eigenvalue weighted by Gasteiger charge is -2.20. The number of rotatable bonds is 12. The first kappa shape index (κ1) is 28.7. The number of fused-ring (bicyclic) bond motifs is 1. The summed E-state index contributed by atoms with van der Waals surface area (Å²) in [5, 5.41) is 14.4. The second-order valence-electron chi connectivity index (χ2n) is 11.5. The Balaban J connectivity index is 1.48. The second kappa shape index (κ2) is 12.1. The summed E-state index contributed by atoms with van der Waals surface area (Å²) in [6, 6.07) is 16.1. The quantitative estimate of drug-likeness (QED) is 0.202. The van der Waals surface area contributed by atoms with Crippen LogP contribution in [0.2, 0.25) is 0 Å². The van der Waals surface area contributed by atoms with Crippen LogP contribution in [0.3, 0.4) is 0 Å². The molecule has 2 aromatic carbocycles. The van der Waals surface area contributed by atoms with Gasteiger partial charge in [-0.15, -0.1) is 5.10 Å². The number of hydrogen-bond donors (Lipinski definition) is 1. The van der Waals surface area contributed by atoms with E-state index < -0.39 is 6.23 Å². The van der Waals surface area contributed by atoms with Crippen molar-refractivity contribution in [1.82, 2.24) is 39.3 Å². The zero-order valence-electron chi connectivity index (χ0n) is 25.2. The fraction of sp³-hybridized carbons (Fsp3) is 0.438. The summed E-state index contributed by atoms with van der Waals surface area (Å²) in [5.41, 5.74) is 4.18. The smallest absolute Gasteiger partial charge is 0.334 e. The summed E-state index contributed by atoms with van der Waals surface area (Å²) in [6.07, 6.45) is 5.27. The molecule has 2 unspecified atom stereocenters. The molecule has 0 saturated heterocycles. The van der Waals surface area contributed by atoms with Crippen LogP contribution >= 0.6 is 0 Å². The molecule has 11 heteroatoms. The molecule has 5 aromatic rings. The van der Waals surface area contributed by atoms with E-state index >= 15 is 0 Å². The van der Waals surface area contributed by atoms with Crippen LogP contribution in [0, 0.1) is 5.92 Å². The van der Waals surface area contributed by atoms with E-state index in [0.29, 0.717) is 29.5 Å². The first-order valence-corrected chi connectivity index (χ1v) is 15.1. The number of benzene rings is 2. The highest BCUT2D eigenvalue weighted by molar-refractivity contribution is 5.80. The Hall–Kier alpha value is -4.38. The molecule has 3 aromatic heterocycles. The van der Waals surface area contributed by atoms with Crippen LogP contribution in [0.5, 0.6) is 0 Å². The maximum Gasteiger partial charge on any atom is 0.334 e. The Kier molecular flexibility index (Phi) is 8.07. The number of ether oxygens (including phenoxy) is 1. The fourth-order valence-corrected chi connectivity index (χ4v) is 5.86. The van der Waals surface area contributed by atoms with Crippen LogP contribution in [0.1, 0.15) is 76.5 Å². The molecule has 0 aliphatic heterocycles. The molecule has 1 aliphatic carbocycles. The number of H-pyrrole nitrogens is 1. The van der Waals surface area contributed by atoms with Crippen LogP contribution in [0.4, 0.5) is 0 Å². The number of methoxy groups -OCH3 is 1. The Morgan fingerprint density at radius 1 is 1.00 bits per heavy atom. The molecule has 0 spiro atoms. The van der Waals surface area contributed by atoms with Crippen molar-refractivity contribution in [2.45, 2.75) is 78.1 Å². The van der Waals surface area contributed by atoms with Crippen LogP contribution in [-0.4, -0.2) is 46.4 Å². The summed E-state index contributed by atoms with van der Waals surface area (Å²) in [6.45, 7) is 6.55. The molecule has 0 radical (unpaired) electrons. The van der Waals surface area contributed by atoms with Crippen molar-refractivity contribution in [2.24, 2.45) is 5.92 Å². The van der Waals surface area contributed by atoms with E-state index in [1.807, 2.05) is 24.3 Å². The van der Waals surface area contributed by atoms with Gasteiger partial charge < -0.3 is 9.30 Å². The number of aromatic amines is 1. The van der Waals surface area contributed by atoms with Crippen molar-refractivity contribution in [1.29, 1.82) is 0 Å². The van der Waals surface area contributed by atoms with Gasteiger partial charge in [-0.25, -0.2) is 19.4 Å². The largest absolute Gasteiger partial charge is 0.361 e. The molecule has 224 valence electrons. The minimum atomic E-state index is -0.698. The third-order valence-corrected chi connectivity index (χ3v) is 8.55. The van der Waals surface area contributed by atoms with Gasteiger partial charge in [0.1, 0.15) is 12.1 Å². The maximum atomic E-state index is 14.1. The average Bonchev–Trinajstić information content (AvgIpc) is 3.52. The van der Waals surface area contributed by atoms with Crippen LogP contribution in [0.15, 0.2) is 58.1 Å². The zero-order valence-corrected chi connectivity index (χ0v) is 25.2. The number of nitrogens with zero attached hydrogens (tertiary/aromatic N) is 7. The third-order valence-electron chi connectivity index (χ3n) is 8.55. The average molecular weight is 583 g/mol. The molecule has 0 bridgehead atoms. The van der Waals surface area contributed by atoms with Gasteiger partial charge in [-0.1, -0.05) is 68.3 Å². The van der Waals surface area contributed by atoms with Crippen molar-refractivity contribution < 1.29 is 4.74 Å². The summed E-state index contributed by atoms with van der Waals surface area (Å²) < 4.78 is 10.5. The van der Waals surface area contributed by atoms with E-state index in [4.69, 9.17) is 9.72 Å². The lowest BCUT2D eigenvalue weighted by Crippen LogP contribution is -2.43. The number of imidazole rings is 1. The first-order valence-electron chi connectivity index (χ1n) is 15.1. The Morgan fingerprint density at radius 2 is 1.74 bits per heavy atom. The SMILES string of the molecule is CCCCCc1nc2c(c(=O)n(C(C)OC)c(=O)n2CC2CC2)n1C(C)c1ccc(-c2ccccc2-c2nnn[nH]2)cc1. The van der Waals surface area contributed by atoms with Gasteiger partial charge in [-0.2, -0.15) is 0 Å². The second-order valence-corrected chi connectivity index (χ2v) is 11.5. The number of hydrogen-bond acceptors (Lipinski definition) is 7. The molecular weight excluding hydrogens is 544 g/mol. The number of unbranched alkanes of at least 4 members (excludes halogenated alkanes) is 2. The zero-order chi connectivity index (χ0) is 30.1. The van der Waals surface area contributed by atoms with Crippen molar-refractivity contribution >= 4 is 11.2 Å². The monoisotopic (exact) mass is 582 g/mol. The molecule has 1 saturated carbocycles. The van der Waals surface area contributed by atoms with Gasteiger partial charge in [-0.05, 0) is 66.1 Å². The summed E-state index contributed by atoms with van der Waals surface area (Å²) in [7, 11) is 1.51. The summed E-state index contributed by atoms with van der Waals surface area (Å²) >= 11 is 0. The molecule has 1 aliphatic rings. The van der Waals surface area contributed by atoms with Crippen molar-refractivity contribution in [3.63, 3.8) is 0 Å². The van der Waals surface area contributed by atoms with E-state index in [0.717, 1.165) is 66.6 Å². The Morgan fingerprint density at radius 3 is 2.40 bits per heavy atom. The molecular formula is C32H38N8O3. The molecule has 3 heterocycles. The van der Waals surface area contributed by atoms with Gasteiger partial charge in [0.2, 0.25) is 0 Å². The molecule has 2 atom stereocenters. The van der Waals surface area contributed by atoms with E-state index in [2.05, 4.69) is 63.3 Å². The van der Waals surface area contributed by atoms with Crippen molar-refractivity contribution in [2.75, 3.05) is 7.11 Å². The van der Waals surface area contributed by atoms with Crippen LogP contribution in [-0.2, 0) is 17.7 Å². The molecule has 43 heavy (non-hydrogen) atoms. The number of tetrazole rings is 1. The summed E-state index contributed by atoms with van der Waals surface area (Å²) in [4.78, 5) is 32.8. The molecule has 1 fully saturated rings. The fourth-order valence-electron chi connectivity index (χ4n) is 5.86. The van der Waals surface area contributed by atoms with E-state index in [1.54, 1.807) is 11.5 Å². The predicted octanol–water partition coefficient (Wildman–Crippen LogP) is 5.12. The third kappa shape index (κ3) is 5.45. The predicted molar refractivity (Wildman–Crippen MR) is 165 cm³/mol.